The van der Waals surface area contributed by atoms with Gasteiger partial charge in [-0.25, -0.2) is 4.79 Å². The van der Waals surface area contributed by atoms with Crippen molar-refractivity contribution in [3.8, 4) is 0 Å². The van der Waals surface area contributed by atoms with Crippen LogP contribution in [0.5, 0.6) is 0 Å². The van der Waals surface area contributed by atoms with Gasteiger partial charge in [0.1, 0.15) is 12.6 Å². The third-order valence-electron chi connectivity index (χ3n) is 4.75. The van der Waals surface area contributed by atoms with Crippen molar-refractivity contribution in [3.05, 3.63) is 69.7 Å². The van der Waals surface area contributed by atoms with E-state index in [9.17, 15) is 24.4 Å². The lowest BCUT2D eigenvalue weighted by molar-refractivity contribution is -0.127. The molecule has 0 saturated heterocycles. The van der Waals surface area contributed by atoms with E-state index in [1.165, 1.54) is 18.2 Å². The molecule has 38 heavy (non-hydrogen) atoms. The average molecular weight is 568 g/mol. The molecule has 2 atom stereocenters. The molecule has 0 aliphatic rings. The number of halogens is 2. The molecule has 0 fully saturated rings. The first-order chi connectivity index (χ1) is 17.8. The Morgan fingerprint density at radius 3 is 1.97 bits per heavy atom. The molecule has 0 saturated carbocycles. The highest BCUT2D eigenvalue weighted by Gasteiger charge is 2.29. The number of ether oxygens (including phenoxy) is 1. The second kappa shape index (κ2) is 16.9. The van der Waals surface area contributed by atoms with Crippen LogP contribution in [0.1, 0.15) is 51.8 Å². The van der Waals surface area contributed by atoms with E-state index >= 15 is 0 Å². The molecule has 2 aromatic rings. The molecule has 0 bridgehead atoms. The van der Waals surface area contributed by atoms with Gasteiger partial charge in [-0.2, -0.15) is 0 Å². The van der Waals surface area contributed by atoms with Gasteiger partial charge in [-0.05, 0) is 41.2 Å². The van der Waals surface area contributed by atoms with Gasteiger partial charge in [-0.3, -0.25) is 9.59 Å². The van der Waals surface area contributed by atoms with Crippen LogP contribution in [0.4, 0.5) is 4.79 Å². The standard InChI is InChI=1S/C22H26BCl2N3O6.C4H10/c1-13(2)20(23(32)33)27-18(29)11-26-21(30)19(15-8-16(24)10-17(25)9-15)28-22(31)34-12-14-6-4-3-5-7-14;1-4(2)3/h3-10,13,19-20,32-33H,11-12H2,1-2H3,(H,26,30)(H,27,29)(H,28,31);4H,1-3H3. The van der Waals surface area contributed by atoms with Gasteiger partial charge in [0.2, 0.25) is 11.8 Å². The number of amides is 3. The minimum Gasteiger partial charge on any atom is -0.445 e. The fourth-order valence-electron chi connectivity index (χ4n) is 3.02. The topological polar surface area (TPSA) is 137 Å². The number of carbonyl (C=O) groups is 3. The Hall–Kier alpha value is -2.79. The van der Waals surface area contributed by atoms with Gasteiger partial charge in [-0.1, -0.05) is 88.2 Å². The summed E-state index contributed by atoms with van der Waals surface area (Å²) in [5.41, 5.74) is 1.03. The van der Waals surface area contributed by atoms with E-state index in [1.807, 2.05) is 6.07 Å². The number of hydrogen-bond acceptors (Lipinski definition) is 6. The summed E-state index contributed by atoms with van der Waals surface area (Å²) in [4.78, 5) is 37.5. The number of alkyl carbamates (subject to hydrolysis) is 1. The van der Waals surface area contributed by atoms with Gasteiger partial charge >= 0.3 is 13.2 Å². The first kappa shape index (κ1) is 33.2. The third-order valence-corrected chi connectivity index (χ3v) is 5.18. The van der Waals surface area contributed by atoms with Crippen LogP contribution in [-0.2, 0) is 20.9 Å². The van der Waals surface area contributed by atoms with Crippen LogP contribution in [-0.4, -0.2) is 47.6 Å². The van der Waals surface area contributed by atoms with Crippen LogP contribution in [0.2, 0.25) is 10.0 Å². The monoisotopic (exact) mass is 567 g/mol. The largest absolute Gasteiger partial charge is 0.475 e. The van der Waals surface area contributed by atoms with E-state index < -0.39 is 43.6 Å². The molecule has 0 radical (unpaired) electrons. The minimum absolute atomic E-state index is 0.0141. The molecular weight excluding hydrogens is 532 g/mol. The second-order valence-electron chi connectivity index (χ2n) is 9.54. The minimum atomic E-state index is -1.76. The van der Waals surface area contributed by atoms with Crippen LogP contribution >= 0.6 is 23.2 Å². The zero-order valence-corrected chi connectivity index (χ0v) is 23.7. The molecule has 0 aliphatic heterocycles. The predicted octanol–water partition coefficient (Wildman–Crippen LogP) is 3.89. The lowest BCUT2D eigenvalue weighted by Gasteiger charge is -2.22. The molecule has 3 amide bonds. The molecule has 0 heterocycles. The summed E-state index contributed by atoms with van der Waals surface area (Å²) in [7, 11) is -1.76. The normalized spacial score (nSPS) is 12.1. The van der Waals surface area contributed by atoms with Crippen LogP contribution in [0.3, 0.4) is 0 Å². The number of hydrogen-bond donors (Lipinski definition) is 5. The molecular formula is C26H36BCl2N3O6. The van der Waals surface area contributed by atoms with Crippen LogP contribution < -0.4 is 16.0 Å². The molecule has 2 rings (SSSR count). The van der Waals surface area contributed by atoms with Crippen molar-refractivity contribution in [2.24, 2.45) is 11.8 Å². The van der Waals surface area contributed by atoms with Gasteiger partial charge in [-0.15, -0.1) is 0 Å². The fraction of sp³-hybridized carbons (Fsp3) is 0.423. The number of carbonyl (C=O) groups excluding carboxylic acids is 3. The lowest BCUT2D eigenvalue weighted by atomic mass is 9.73. The Morgan fingerprint density at radius 1 is 0.921 bits per heavy atom. The van der Waals surface area contributed by atoms with E-state index in [2.05, 4.69) is 36.7 Å². The van der Waals surface area contributed by atoms with Crippen molar-refractivity contribution in [1.82, 2.24) is 16.0 Å². The summed E-state index contributed by atoms with van der Waals surface area (Å²) in [6.45, 7) is 9.42. The van der Waals surface area contributed by atoms with E-state index in [0.29, 0.717) is 0 Å². The van der Waals surface area contributed by atoms with Gasteiger partial charge in [0.25, 0.3) is 0 Å². The zero-order valence-electron chi connectivity index (χ0n) is 22.2. The van der Waals surface area contributed by atoms with Crippen LogP contribution in [0, 0.1) is 11.8 Å². The van der Waals surface area contributed by atoms with Gasteiger partial charge < -0.3 is 30.7 Å². The summed E-state index contributed by atoms with van der Waals surface area (Å²) in [6.07, 6.45) is -0.868. The zero-order chi connectivity index (χ0) is 28.8. The highest BCUT2D eigenvalue weighted by molar-refractivity contribution is 6.43. The first-order valence-corrected chi connectivity index (χ1v) is 12.9. The lowest BCUT2D eigenvalue weighted by Crippen LogP contribution is -2.52. The highest BCUT2D eigenvalue weighted by Crippen LogP contribution is 2.24. The molecule has 5 N–H and O–H groups in total. The summed E-state index contributed by atoms with van der Waals surface area (Å²) >= 11 is 12.1. The first-order valence-electron chi connectivity index (χ1n) is 12.2. The van der Waals surface area contributed by atoms with Crippen LogP contribution in [0.15, 0.2) is 48.5 Å². The number of benzene rings is 2. The Balaban J connectivity index is 0.00000168. The Labute approximate surface area is 234 Å². The van der Waals surface area contributed by atoms with Crippen LogP contribution in [0.25, 0.3) is 0 Å². The molecule has 2 unspecified atom stereocenters. The van der Waals surface area contributed by atoms with E-state index in [0.717, 1.165) is 11.5 Å². The highest BCUT2D eigenvalue weighted by atomic mass is 35.5. The third kappa shape index (κ3) is 13.1. The Kier molecular flexibility index (Phi) is 14.8. The number of rotatable bonds is 10. The molecule has 208 valence electrons. The Bertz CT molecular complexity index is 1010. The second-order valence-corrected chi connectivity index (χ2v) is 10.4. The summed E-state index contributed by atoms with van der Waals surface area (Å²) < 4.78 is 5.19. The fourth-order valence-corrected chi connectivity index (χ4v) is 3.56. The van der Waals surface area contributed by atoms with Crippen molar-refractivity contribution < 1.29 is 29.2 Å². The quantitative estimate of drug-likeness (QED) is 0.276. The molecule has 0 aromatic heterocycles. The van der Waals surface area contributed by atoms with E-state index in [-0.39, 0.29) is 28.1 Å². The summed E-state index contributed by atoms with van der Waals surface area (Å²) in [5, 5.41) is 26.6. The predicted molar refractivity (Wildman–Crippen MR) is 149 cm³/mol. The van der Waals surface area contributed by atoms with Gasteiger partial charge in [0, 0.05) is 10.0 Å². The van der Waals surface area contributed by atoms with E-state index in [4.69, 9.17) is 27.9 Å². The molecule has 9 nitrogen and oxygen atoms in total. The summed E-state index contributed by atoms with van der Waals surface area (Å²) in [5.74, 6) is -1.72. The Morgan fingerprint density at radius 2 is 1.47 bits per heavy atom. The molecule has 12 heteroatoms. The summed E-state index contributed by atoms with van der Waals surface area (Å²) in [6, 6.07) is 12.1. The van der Waals surface area contributed by atoms with Gasteiger partial charge in [0.05, 0.1) is 12.5 Å². The van der Waals surface area contributed by atoms with Crippen molar-refractivity contribution in [2.75, 3.05) is 6.54 Å². The van der Waals surface area contributed by atoms with Crippen molar-refractivity contribution in [3.63, 3.8) is 0 Å². The molecule has 0 aliphatic carbocycles. The smallest absolute Gasteiger partial charge is 0.445 e. The van der Waals surface area contributed by atoms with Gasteiger partial charge in [0.15, 0.2) is 0 Å². The molecule has 2 aromatic carbocycles. The SMILES string of the molecule is CC(C)C.CC(C)C(NC(=O)CNC(=O)C(NC(=O)OCc1ccccc1)c1cc(Cl)cc(Cl)c1)B(O)O. The maximum atomic E-state index is 12.9. The average Bonchev–Trinajstić information content (AvgIpc) is 2.82. The maximum Gasteiger partial charge on any atom is 0.475 e. The number of nitrogens with one attached hydrogen (secondary N) is 3. The van der Waals surface area contributed by atoms with Crippen molar-refractivity contribution in [2.45, 2.75) is 53.2 Å². The maximum absolute atomic E-state index is 12.9. The van der Waals surface area contributed by atoms with E-state index in [1.54, 1.807) is 38.1 Å². The van der Waals surface area contributed by atoms with Crippen molar-refractivity contribution in [1.29, 1.82) is 0 Å². The molecule has 0 spiro atoms. The van der Waals surface area contributed by atoms with Crippen molar-refractivity contribution >= 4 is 48.2 Å².